The van der Waals surface area contributed by atoms with Crippen LogP contribution in [0.1, 0.15) is 0 Å². The van der Waals surface area contributed by atoms with Gasteiger partial charge in [0.2, 0.25) is 15.9 Å². The number of benzene rings is 1. The number of nitrogens with two attached hydrogens (primary N) is 1. The number of amidine groups is 1. The van der Waals surface area contributed by atoms with Crippen LogP contribution in [0.3, 0.4) is 0 Å². The molecule has 192 valence electrons. The number of fused-ring (bicyclic) bond motifs is 1. The molecule has 0 amide bonds. The molecule has 0 unspecified atom stereocenters. The summed E-state index contributed by atoms with van der Waals surface area (Å²) in [5.74, 6) is -1.37. The van der Waals surface area contributed by atoms with E-state index >= 15 is 0 Å². The van der Waals surface area contributed by atoms with Crippen molar-refractivity contribution in [3.63, 3.8) is 0 Å². The Hall–Kier alpha value is -2.93. The highest BCUT2D eigenvalue weighted by molar-refractivity contribution is 8.14. The molecule has 0 saturated heterocycles. The molecule has 0 fully saturated rings. The molecule has 17 heteroatoms. The van der Waals surface area contributed by atoms with E-state index in [1.807, 2.05) is 0 Å². The maximum absolute atomic E-state index is 12.7. The molecule has 0 aliphatic heterocycles. The molecule has 0 heterocycles. The number of hydrogen-bond acceptors (Lipinski definition) is 10. The fourth-order valence-electron chi connectivity index (χ4n) is 2.99. The maximum atomic E-state index is 12.7. The number of carbonyl (C=O) groups is 1. The summed E-state index contributed by atoms with van der Waals surface area (Å²) in [6, 6.07) is 5.08. The fraction of sp³-hybridized carbons (Fsp3) is 0.105. The molecule has 2 aliphatic rings. The zero-order valence-electron chi connectivity index (χ0n) is 17.9. The van der Waals surface area contributed by atoms with Gasteiger partial charge in [-0.1, -0.05) is 17.8 Å². The van der Waals surface area contributed by atoms with Gasteiger partial charge in [0.15, 0.2) is 15.0 Å². The fourth-order valence-corrected chi connectivity index (χ4v) is 6.34. The van der Waals surface area contributed by atoms with Crippen LogP contribution >= 0.6 is 11.8 Å². The zero-order chi connectivity index (χ0) is 26.9. The van der Waals surface area contributed by atoms with E-state index in [1.165, 1.54) is 24.3 Å². The summed E-state index contributed by atoms with van der Waals surface area (Å²) in [6.07, 6.45) is 3.90. The first-order valence-corrected chi connectivity index (χ1v) is 15.1. The predicted octanol–water partition coefficient (Wildman–Crippen LogP) is 1.68. The van der Waals surface area contributed by atoms with Crippen LogP contribution < -0.4 is 5.73 Å². The average Bonchev–Trinajstić information content (AvgIpc) is 2.76. The number of rotatable bonds is 7. The van der Waals surface area contributed by atoms with Crippen LogP contribution in [0, 0.1) is 5.41 Å². The second kappa shape index (κ2) is 10.2. The molecule has 0 bridgehead atoms. The van der Waals surface area contributed by atoms with Gasteiger partial charge in [-0.15, -0.1) is 5.11 Å². The Kier molecular flexibility index (Phi) is 7.84. The van der Waals surface area contributed by atoms with Gasteiger partial charge in [0, 0.05) is 11.3 Å². The van der Waals surface area contributed by atoms with Gasteiger partial charge < -0.3 is 5.73 Å². The van der Waals surface area contributed by atoms with E-state index in [0.717, 1.165) is 36.1 Å². The molecule has 0 atom stereocenters. The Labute approximate surface area is 210 Å². The zero-order valence-corrected chi connectivity index (χ0v) is 21.2. The maximum Gasteiger partial charge on any atom is 0.298 e. The highest BCUT2D eigenvalue weighted by Gasteiger charge is 2.34. The van der Waals surface area contributed by atoms with Gasteiger partial charge in [0.1, 0.15) is 10.6 Å². The van der Waals surface area contributed by atoms with Gasteiger partial charge in [0.05, 0.1) is 21.2 Å². The Balaban J connectivity index is 1.96. The Morgan fingerprint density at radius 1 is 0.972 bits per heavy atom. The number of nitrogens with zero attached hydrogens (tertiary/aromatic N) is 2. The number of thioether (sulfide) groups is 1. The quantitative estimate of drug-likeness (QED) is 0.103. The second-order valence-electron chi connectivity index (χ2n) is 7.13. The van der Waals surface area contributed by atoms with E-state index in [2.05, 4.69) is 10.2 Å². The van der Waals surface area contributed by atoms with Crippen molar-refractivity contribution in [2.24, 2.45) is 16.0 Å². The van der Waals surface area contributed by atoms with Gasteiger partial charge in [-0.3, -0.25) is 23.9 Å². The summed E-state index contributed by atoms with van der Waals surface area (Å²) in [5.41, 5.74) is 4.67. The van der Waals surface area contributed by atoms with Gasteiger partial charge in [-0.2, -0.15) is 13.5 Å². The van der Waals surface area contributed by atoms with Crippen LogP contribution in [0.25, 0.3) is 0 Å². The lowest BCUT2D eigenvalue weighted by molar-refractivity contribution is -0.111. The van der Waals surface area contributed by atoms with Crippen LogP contribution in [0.2, 0.25) is 0 Å². The summed E-state index contributed by atoms with van der Waals surface area (Å²) < 4.78 is 87.8. The van der Waals surface area contributed by atoms with Gasteiger partial charge >= 0.3 is 0 Å². The summed E-state index contributed by atoms with van der Waals surface area (Å²) in [5, 5.41) is 14.5. The molecular weight excluding hydrogens is 556 g/mol. The molecule has 0 radical (unpaired) electrons. The summed E-state index contributed by atoms with van der Waals surface area (Å²) in [4.78, 5) is 11.1. The van der Waals surface area contributed by atoms with E-state index in [4.69, 9.17) is 11.1 Å². The number of azo groups is 1. The minimum absolute atomic E-state index is 0.00530. The first-order valence-electron chi connectivity index (χ1n) is 9.55. The molecule has 13 nitrogen and oxygen atoms in total. The molecule has 0 saturated carbocycles. The number of Topliss-reactive ketones (excluding diaryl/α,β-unsaturated/α-hetero) is 1. The van der Waals surface area contributed by atoms with Crippen molar-refractivity contribution in [3.8, 4) is 0 Å². The SMILES string of the molecule is N=C(N)SCCS(=O)(=O)c1ccc(N=NC2=C3C=CC(=S(=O)(O)O)C=C3C=C(S(=O)(=O)O)C2=O)cc1. The number of sulfone groups is 1. The van der Waals surface area contributed by atoms with Gasteiger partial charge in [0.25, 0.3) is 10.1 Å². The third-order valence-electron chi connectivity index (χ3n) is 4.66. The third-order valence-corrected chi connectivity index (χ3v) is 9.10. The normalized spacial score (nSPS) is 16.8. The number of carbonyl (C=O) groups excluding carboxylic acids is 1. The molecule has 2 aliphatic carbocycles. The van der Waals surface area contributed by atoms with Crippen LogP contribution in [0.15, 0.2) is 85.4 Å². The van der Waals surface area contributed by atoms with Crippen molar-refractivity contribution >= 4 is 63.3 Å². The minimum Gasteiger partial charge on any atom is -0.379 e. The summed E-state index contributed by atoms with van der Waals surface area (Å²) in [7, 11) is -13.1. The molecule has 1 aromatic carbocycles. The standard InChI is InChI=1S/C19H18N4O9S4/c20-19(21)33-7-8-34(25,26)13-3-1-12(2-4-13)22-23-17-15-6-5-14(35(27,28)29)9-11(15)10-16(18(17)24)36(30,31)32/h1-6,9-10H,7-8H2,(H3,20,21)(H2,27,28,29)(H,30,31,32). The average molecular weight is 575 g/mol. The largest absolute Gasteiger partial charge is 0.379 e. The molecule has 0 spiro atoms. The Morgan fingerprint density at radius 3 is 2.17 bits per heavy atom. The minimum atomic E-state index is -5.01. The molecule has 3 rings (SSSR count). The first-order chi connectivity index (χ1) is 16.6. The highest BCUT2D eigenvalue weighted by Crippen LogP contribution is 2.33. The number of nitrogens with one attached hydrogen (secondary N) is 1. The Morgan fingerprint density at radius 2 is 1.61 bits per heavy atom. The number of allylic oxidation sites excluding steroid dienone is 7. The summed E-state index contributed by atoms with van der Waals surface area (Å²) >= 11 is 0.883. The highest BCUT2D eigenvalue weighted by atomic mass is 32.2. The van der Waals surface area contributed by atoms with Crippen molar-refractivity contribution in [1.82, 2.24) is 0 Å². The first kappa shape index (κ1) is 27.7. The van der Waals surface area contributed by atoms with Crippen LogP contribution in [-0.2, 0) is 34.8 Å². The van der Waals surface area contributed by atoms with Crippen molar-refractivity contribution in [3.05, 3.63) is 70.3 Å². The molecule has 6 N–H and O–H groups in total. The van der Waals surface area contributed by atoms with Crippen molar-refractivity contribution < 1.29 is 39.5 Å². The lowest BCUT2D eigenvalue weighted by Gasteiger charge is -2.18. The summed E-state index contributed by atoms with van der Waals surface area (Å²) in [6.45, 7) is 0. The molecule has 0 aromatic heterocycles. The monoisotopic (exact) mass is 574 g/mol. The molecule has 1 aromatic rings. The van der Waals surface area contributed by atoms with Crippen LogP contribution in [0.4, 0.5) is 5.69 Å². The van der Waals surface area contributed by atoms with Crippen LogP contribution in [-0.4, -0.2) is 62.0 Å². The lowest BCUT2D eigenvalue weighted by Crippen LogP contribution is -2.21. The van der Waals surface area contributed by atoms with Crippen molar-refractivity contribution in [2.45, 2.75) is 4.90 Å². The van der Waals surface area contributed by atoms with E-state index in [9.17, 15) is 39.5 Å². The van der Waals surface area contributed by atoms with Gasteiger partial charge in [-0.05, 0) is 48.1 Å². The van der Waals surface area contributed by atoms with E-state index in [-0.39, 0.29) is 38.4 Å². The molecular formula is C19H18N4O9S4. The van der Waals surface area contributed by atoms with Crippen molar-refractivity contribution in [2.75, 3.05) is 11.5 Å². The Bertz CT molecular complexity index is 1630. The van der Waals surface area contributed by atoms with Gasteiger partial charge in [-0.25, -0.2) is 12.6 Å². The van der Waals surface area contributed by atoms with Crippen LogP contribution in [0.5, 0.6) is 0 Å². The number of ketones is 1. The smallest absolute Gasteiger partial charge is 0.298 e. The van der Waals surface area contributed by atoms with E-state index in [0.29, 0.717) is 0 Å². The van der Waals surface area contributed by atoms with Crippen molar-refractivity contribution in [1.29, 1.82) is 5.41 Å². The van der Waals surface area contributed by atoms with E-state index in [1.54, 1.807) is 0 Å². The molecule has 36 heavy (non-hydrogen) atoms. The predicted molar refractivity (Wildman–Crippen MR) is 135 cm³/mol. The number of hydrogen-bond donors (Lipinski definition) is 5. The second-order valence-corrected chi connectivity index (χ2v) is 13.2. The van der Waals surface area contributed by atoms with E-state index < -0.39 is 51.3 Å². The lowest BCUT2D eigenvalue weighted by atomic mass is 9.92. The topological polar surface area (TPSA) is 238 Å². The third kappa shape index (κ3) is 6.44.